The summed E-state index contributed by atoms with van der Waals surface area (Å²) >= 11 is 1.53. The molecule has 1 N–H and O–H groups in total. The number of anilines is 1. The fourth-order valence-electron chi connectivity index (χ4n) is 2.29. The van der Waals surface area contributed by atoms with Gasteiger partial charge in [-0.1, -0.05) is 6.07 Å². The van der Waals surface area contributed by atoms with Gasteiger partial charge < -0.3 is 19.5 Å². The number of hydrogen-bond acceptors (Lipinski definition) is 7. The normalized spacial score (nSPS) is 10.3. The number of nitro benzene ring substituents is 1. The number of nitrogens with one attached hydrogen (secondary N) is 1. The number of thioether (sulfide) groups is 1. The van der Waals surface area contributed by atoms with E-state index in [4.69, 9.17) is 14.2 Å². The summed E-state index contributed by atoms with van der Waals surface area (Å²) in [5.41, 5.74) is 0.0489. The molecule has 0 aliphatic heterocycles. The van der Waals surface area contributed by atoms with Crippen LogP contribution in [0.1, 0.15) is 10.4 Å². The van der Waals surface area contributed by atoms with Crippen LogP contribution in [0.4, 0.5) is 11.4 Å². The van der Waals surface area contributed by atoms with Crippen LogP contribution >= 0.6 is 11.8 Å². The number of nitrogens with zero attached hydrogens (tertiary/aromatic N) is 1. The molecule has 8 nitrogen and oxygen atoms in total. The lowest BCUT2D eigenvalue weighted by molar-refractivity contribution is -0.385. The largest absolute Gasteiger partial charge is 0.493 e. The molecule has 0 radical (unpaired) electrons. The lowest BCUT2D eigenvalue weighted by Crippen LogP contribution is -2.15. The standard InChI is InChI=1S/C18H20N2O6S/c1-24-7-8-26-17-11-15(20(22)23)14(10-16(17)25-2)18(21)19-12-5-4-6-13(9-12)27-3/h4-6,9-11H,7-8H2,1-3H3,(H,19,21). The molecule has 0 spiro atoms. The number of nitro groups is 1. The Labute approximate surface area is 161 Å². The highest BCUT2D eigenvalue weighted by atomic mass is 32.2. The first-order chi connectivity index (χ1) is 13.0. The van der Waals surface area contributed by atoms with Crippen molar-refractivity contribution in [2.24, 2.45) is 0 Å². The van der Waals surface area contributed by atoms with Crippen LogP contribution in [0.25, 0.3) is 0 Å². The van der Waals surface area contributed by atoms with Crippen molar-refractivity contribution in [3.63, 3.8) is 0 Å². The van der Waals surface area contributed by atoms with E-state index in [1.807, 2.05) is 12.3 Å². The van der Waals surface area contributed by atoms with E-state index >= 15 is 0 Å². The molecule has 27 heavy (non-hydrogen) atoms. The highest BCUT2D eigenvalue weighted by Crippen LogP contribution is 2.35. The van der Waals surface area contributed by atoms with E-state index < -0.39 is 10.8 Å². The van der Waals surface area contributed by atoms with E-state index in [-0.39, 0.29) is 29.4 Å². The first-order valence-corrected chi connectivity index (χ1v) is 9.16. The van der Waals surface area contributed by atoms with Crippen molar-refractivity contribution < 1.29 is 23.9 Å². The van der Waals surface area contributed by atoms with Crippen LogP contribution in [0, 0.1) is 10.1 Å². The summed E-state index contributed by atoms with van der Waals surface area (Å²) in [5.74, 6) is -0.219. The fraction of sp³-hybridized carbons (Fsp3) is 0.278. The fourth-order valence-corrected chi connectivity index (χ4v) is 2.75. The first kappa shape index (κ1) is 20.5. The van der Waals surface area contributed by atoms with Gasteiger partial charge in [0.15, 0.2) is 11.5 Å². The zero-order chi connectivity index (χ0) is 19.8. The van der Waals surface area contributed by atoms with Gasteiger partial charge in [0.25, 0.3) is 11.6 Å². The molecule has 0 bridgehead atoms. The maximum atomic E-state index is 12.6. The summed E-state index contributed by atoms with van der Waals surface area (Å²) in [6, 6.07) is 9.67. The van der Waals surface area contributed by atoms with Crippen LogP contribution in [0.3, 0.4) is 0 Å². The van der Waals surface area contributed by atoms with Gasteiger partial charge in [0.1, 0.15) is 12.2 Å². The van der Waals surface area contributed by atoms with Crippen molar-refractivity contribution in [1.29, 1.82) is 0 Å². The van der Waals surface area contributed by atoms with E-state index in [0.717, 1.165) is 4.90 Å². The molecule has 144 valence electrons. The zero-order valence-electron chi connectivity index (χ0n) is 15.2. The van der Waals surface area contributed by atoms with Crippen molar-refractivity contribution in [3.05, 3.63) is 52.1 Å². The Morgan fingerprint density at radius 2 is 1.96 bits per heavy atom. The summed E-state index contributed by atoms with van der Waals surface area (Å²) in [7, 11) is 2.91. The molecule has 0 saturated carbocycles. The average molecular weight is 392 g/mol. The van der Waals surface area contributed by atoms with Gasteiger partial charge in [-0.2, -0.15) is 0 Å². The molecule has 0 aromatic heterocycles. The second kappa shape index (κ2) is 9.79. The number of carbonyl (C=O) groups excluding carboxylic acids is 1. The molecule has 0 saturated heterocycles. The highest BCUT2D eigenvalue weighted by molar-refractivity contribution is 7.98. The van der Waals surface area contributed by atoms with E-state index in [2.05, 4.69) is 5.32 Å². The molecule has 0 fully saturated rings. The van der Waals surface area contributed by atoms with Crippen molar-refractivity contribution in [2.45, 2.75) is 4.90 Å². The Kier molecular flexibility index (Phi) is 7.44. The molecule has 1 amide bonds. The van der Waals surface area contributed by atoms with E-state index in [0.29, 0.717) is 12.3 Å². The molecular weight excluding hydrogens is 372 g/mol. The van der Waals surface area contributed by atoms with Crippen LogP contribution in [-0.4, -0.2) is 44.5 Å². The van der Waals surface area contributed by atoms with Crippen LogP contribution < -0.4 is 14.8 Å². The molecule has 2 rings (SSSR count). The Morgan fingerprint density at radius 1 is 1.19 bits per heavy atom. The third kappa shape index (κ3) is 5.35. The summed E-state index contributed by atoms with van der Waals surface area (Å²) in [5, 5.41) is 14.1. The Hall–Kier alpha value is -2.78. The van der Waals surface area contributed by atoms with Crippen LogP contribution in [-0.2, 0) is 4.74 Å². The maximum Gasteiger partial charge on any atom is 0.286 e. The molecule has 0 unspecified atom stereocenters. The Morgan fingerprint density at radius 3 is 2.59 bits per heavy atom. The lowest BCUT2D eigenvalue weighted by atomic mass is 10.1. The predicted octanol–water partition coefficient (Wildman–Crippen LogP) is 3.60. The average Bonchev–Trinajstić information content (AvgIpc) is 2.67. The minimum absolute atomic E-state index is 0.120. The van der Waals surface area contributed by atoms with Gasteiger partial charge in [0.05, 0.1) is 24.7 Å². The minimum atomic E-state index is -0.629. The first-order valence-electron chi connectivity index (χ1n) is 7.93. The number of benzene rings is 2. The molecule has 0 aliphatic carbocycles. The quantitative estimate of drug-likeness (QED) is 0.301. The Balaban J connectivity index is 2.35. The molecule has 2 aromatic rings. The minimum Gasteiger partial charge on any atom is -0.493 e. The lowest BCUT2D eigenvalue weighted by Gasteiger charge is -2.13. The Bertz CT molecular complexity index is 827. The molecule has 9 heteroatoms. The third-order valence-electron chi connectivity index (χ3n) is 3.60. The summed E-state index contributed by atoms with van der Waals surface area (Å²) in [4.78, 5) is 24.4. The van der Waals surface area contributed by atoms with Gasteiger partial charge >= 0.3 is 0 Å². The molecule has 0 atom stereocenters. The van der Waals surface area contributed by atoms with Crippen LogP contribution in [0.15, 0.2) is 41.3 Å². The second-order valence-corrected chi connectivity index (χ2v) is 6.18. The second-order valence-electron chi connectivity index (χ2n) is 5.30. The SMILES string of the molecule is COCCOc1cc([N+](=O)[O-])c(C(=O)Nc2cccc(SC)c2)cc1OC. The van der Waals surface area contributed by atoms with Gasteiger partial charge in [0, 0.05) is 23.8 Å². The third-order valence-corrected chi connectivity index (χ3v) is 4.32. The summed E-state index contributed by atoms with van der Waals surface area (Å²) in [6.07, 6.45) is 1.92. The summed E-state index contributed by atoms with van der Waals surface area (Å²) < 4.78 is 15.6. The number of methoxy groups -OCH3 is 2. The van der Waals surface area contributed by atoms with Crippen LogP contribution in [0.5, 0.6) is 11.5 Å². The molecule has 0 aliphatic rings. The van der Waals surface area contributed by atoms with Gasteiger partial charge in [-0.05, 0) is 24.5 Å². The van der Waals surface area contributed by atoms with Crippen molar-refractivity contribution >= 4 is 29.0 Å². The zero-order valence-corrected chi connectivity index (χ0v) is 16.0. The number of rotatable bonds is 9. The van der Waals surface area contributed by atoms with Gasteiger partial charge in [-0.25, -0.2) is 0 Å². The molecular formula is C18H20N2O6S. The number of carbonyl (C=O) groups is 1. The van der Waals surface area contributed by atoms with E-state index in [9.17, 15) is 14.9 Å². The highest BCUT2D eigenvalue weighted by Gasteiger charge is 2.25. The monoisotopic (exact) mass is 392 g/mol. The van der Waals surface area contributed by atoms with Gasteiger partial charge in [0.2, 0.25) is 0 Å². The number of hydrogen-bond donors (Lipinski definition) is 1. The molecule has 2 aromatic carbocycles. The summed E-state index contributed by atoms with van der Waals surface area (Å²) in [6.45, 7) is 0.502. The number of ether oxygens (including phenoxy) is 3. The van der Waals surface area contributed by atoms with E-state index in [1.54, 1.807) is 18.2 Å². The smallest absolute Gasteiger partial charge is 0.286 e. The van der Waals surface area contributed by atoms with Crippen molar-refractivity contribution in [2.75, 3.05) is 39.0 Å². The van der Waals surface area contributed by atoms with Crippen molar-refractivity contribution in [1.82, 2.24) is 0 Å². The van der Waals surface area contributed by atoms with Crippen LogP contribution in [0.2, 0.25) is 0 Å². The van der Waals surface area contributed by atoms with Gasteiger partial charge in [-0.3, -0.25) is 14.9 Å². The van der Waals surface area contributed by atoms with Crippen molar-refractivity contribution in [3.8, 4) is 11.5 Å². The number of amides is 1. The maximum absolute atomic E-state index is 12.6. The van der Waals surface area contributed by atoms with Gasteiger partial charge in [-0.15, -0.1) is 11.8 Å². The molecule has 0 heterocycles. The topological polar surface area (TPSA) is 99.9 Å². The van der Waals surface area contributed by atoms with E-state index in [1.165, 1.54) is 38.1 Å². The predicted molar refractivity (Wildman–Crippen MR) is 103 cm³/mol.